The molecule has 1 aliphatic rings. The van der Waals surface area contributed by atoms with Gasteiger partial charge in [0.2, 0.25) is 5.91 Å². The number of aromatic nitrogens is 1. The van der Waals surface area contributed by atoms with Crippen LogP contribution in [0.5, 0.6) is 0 Å². The van der Waals surface area contributed by atoms with E-state index in [0.29, 0.717) is 10.8 Å². The van der Waals surface area contributed by atoms with E-state index in [1.54, 1.807) is 22.9 Å². The Bertz CT molecular complexity index is 556. The fourth-order valence-electron chi connectivity index (χ4n) is 1.84. The lowest BCUT2D eigenvalue weighted by atomic mass is 10.2. The number of amides is 1. The highest BCUT2D eigenvalue weighted by Crippen LogP contribution is 2.42. The van der Waals surface area contributed by atoms with E-state index in [0.717, 1.165) is 10.7 Å². The third-order valence-corrected chi connectivity index (χ3v) is 4.88. The predicted octanol–water partition coefficient (Wildman–Crippen LogP) is 3.58. The van der Waals surface area contributed by atoms with Gasteiger partial charge in [-0.2, -0.15) is 0 Å². The molecule has 1 fully saturated rings. The van der Waals surface area contributed by atoms with Crippen molar-refractivity contribution < 1.29 is 4.79 Å². The molecule has 1 aliphatic heterocycles. The van der Waals surface area contributed by atoms with Gasteiger partial charge in [0, 0.05) is 16.6 Å². The van der Waals surface area contributed by atoms with Crippen LogP contribution in [0.15, 0.2) is 35.8 Å². The molecule has 0 radical (unpaired) electrons. The molecule has 1 atom stereocenters. The summed E-state index contributed by atoms with van der Waals surface area (Å²) in [6, 6.07) is 7.61. The molecule has 2 aromatic rings. The van der Waals surface area contributed by atoms with Gasteiger partial charge < -0.3 is 0 Å². The average Bonchev–Trinajstić information content (AvgIpc) is 2.99. The third-order valence-electron chi connectivity index (χ3n) is 2.65. The van der Waals surface area contributed by atoms with Gasteiger partial charge in [-0.1, -0.05) is 23.7 Å². The molecule has 1 saturated heterocycles. The Labute approximate surface area is 118 Å². The van der Waals surface area contributed by atoms with Crippen LogP contribution in [-0.4, -0.2) is 16.6 Å². The van der Waals surface area contributed by atoms with Gasteiger partial charge in [0.05, 0.1) is 5.75 Å². The molecule has 0 N–H and O–H groups in total. The Hall–Kier alpha value is -1.04. The van der Waals surface area contributed by atoms with Gasteiger partial charge in [-0.15, -0.1) is 23.1 Å². The maximum atomic E-state index is 12.0. The number of thioether (sulfide) groups is 1. The molecule has 18 heavy (non-hydrogen) atoms. The number of carbonyl (C=O) groups excluding carboxylic acids is 1. The minimum Gasteiger partial charge on any atom is -0.273 e. The summed E-state index contributed by atoms with van der Waals surface area (Å²) in [6.45, 7) is 0. The summed E-state index contributed by atoms with van der Waals surface area (Å²) < 4.78 is 0. The van der Waals surface area contributed by atoms with Crippen molar-refractivity contribution in [1.82, 2.24) is 4.98 Å². The fourth-order valence-corrected chi connectivity index (χ4v) is 3.87. The van der Waals surface area contributed by atoms with Gasteiger partial charge in [0.1, 0.15) is 5.37 Å². The molecular weight excluding hydrogens is 288 g/mol. The topological polar surface area (TPSA) is 33.2 Å². The lowest BCUT2D eigenvalue weighted by Gasteiger charge is -2.21. The van der Waals surface area contributed by atoms with Crippen LogP contribution < -0.4 is 4.90 Å². The molecule has 0 spiro atoms. The molecule has 3 nitrogen and oxygen atoms in total. The number of hydrogen-bond acceptors (Lipinski definition) is 4. The predicted molar refractivity (Wildman–Crippen MR) is 76.3 cm³/mol. The molecule has 1 amide bonds. The van der Waals surface area contributed by atoms with Crippen LogP contribution in [0.25, 0.3) is 0 Å². The molecule has 1 aromatic carbocycles. The average molecular weight is 297 g/mol. The highest BCUT2D eigenvalue weighted by Gasteiger charge is 2.35. The van der Waals surface area contributed by atoms with Crippen molar-refractivity contribution in [2.75, 3.05) is 10.7 Å². The van der Waals surface area contributed by atoms with Crippen molar-refractivity contribution in [2.24, 2.45) is 0 Å². The minimum atomic E-state index is 0.000849. The van der Waals surface area contributed by atoms with Crippen molar-refractivity contribution in [3.63, 3.8) is 0 Å². The zero-order valence-electron chi connectivity index (χ0n) is 9.25. The van der Waals surface area contributed by atoms with Crippen molar-refractivity contribution in [1.29, 1.82) is 0 Å². The van der Waals surface area contributed by atoms with Crippen LogP contribution in [0.1, 0.15) is 10.9 Å². The van der Waals surface area contributed by atoms with E-state index >= 15 is 0 Å². The highest BCUT2D eigenvalue weighted by molar-refractivity contribution is 8.00. The van der Waals surface area contributed by atoms with Gasteiger partial charge in [0.25, 0.3) is 0 Å². The number of halogens is 1. The summed E-state index contributed by atoms with van der Waals surface area (Å²) in [5, 5.41) is 3.34. The molecule has 3 rings (SSSR count). The second-order valence-corrected chi connectivity index (χ2v) is 6.17. The van der Waals surface area contributed by atoms with Gasteiger partial charge in [-0.25, -0.2) is 4.98 Å². The normalized spacial score (nSPS) is 19.5. The van der Waals surface area contributed by atoms with Gasteiger partial charge >= 0.3 is 0 Å². The van der Waals surface area contributed by atoms with Crippen LogP contribution in [0.4, 0.5) is 5.13 Å². The zero-order valence-corrected chi connectivity index (χ0v) is 11.6. The first-order chi connectivity index (χ1) is 8.75. The first-order valence-corrected chi connectivity index (χ1v) is 7.65. The van der Waals surface area contributed by atoms with E-state index in [1.807, 2.05) is 29.6 Å². The largest absolute Gasteiger partial charge is 0.273 e. The van der Waals surface area contributed by atoms with E-state index in [-0.39, 0.29) is 11.3 Å². The Kier molecular flexibility index (Phi) is 3.28. The van der Waals surface area contributed by atoms with Crippen LogP contribution in [0, 0.1) is 0 Å². The number of thiazole rings is 1. The van der Waals surface area contributed by atoms with Crippen LogP contribution in [0.3, 0.4) is 0 Å². The van der Waals surface area contributed by atoms with E-state index < -0.39 is 0 Å². The SMILES string of the molecule is O=C1CSC(c2ccc(Cl)cc2)N1c1nccs1. The van der Waals surface area contributed by atoms with Gasteiger partial charge in [-0.05, 0) is 17.7 Å². The summed E-state index contributed by atoms with van der Waals surface area (Å²) >= 11 is 8.98. The zero-order chi connectivity index (χ0) is 12.5. The van der Waals surface area contributed by atoms with Crippen LogP contribution in [-0.2, 0) is 4.79 Å². The second-order valence-electron chi connectivity index (χ2n) is 3.79. The van der Waals surface area contributed by atoms with E-state index in [2.05, 4.69) is 4.98 Å². The monoisotopic (exact) mass is 296 g/mol. The summed E-state index contributed by atoms with van der Waals surface area (Å²) in [5.41, 5.74) is 1.07. The quantitative estimate of drug-likeness (QED) is 0.849. The Balaban J connectivity index is 1.96. The number of rotatable bonds is 2. The summed E-state index contributed by atoms with van der Waals surface area (Å²) in [5.74, 6) is 0.599. The van der Waals surface area contributed by atoms with Crippen molar-refractivity contribution in [3.05, 3.63) is 46.4 Å². The Morgan fingerprint density at radius 1 is 1.33 bits per heavy atom. The molecule has 6 heteroatoms. The standard InChI is InChI=1S/C12H9ClN2OS2/c13-9-3-1-8(2-4-9)11-15(10(16)7-18-11)12-14-5-6-17-12/h1-6,11H,7H2. The smallest absolute Gasteiger partial charge is 0.240 e. The maximum Gasteiger partial charge on any atom is 0.240 e. The minimum absolute atomic E-state index is 0.000849. The van der Waals surface area contributed by atoms with E-state index in [9.17, 15) is 4.79 Å². The number of benzene rings is 1. The Morgan fingerprint density at radius 2 is 2.11 bits per heavy atom. The molecule has 2 heterocycles. The molecule has 92 valence electrons. The molecule has 0 saturated carbocycles. The lowest BCUT2D eigenvalue weighted by molar-refractivity contribution is -0.115. The fraction of sp³-hybridized carbons (Fsp3) is 0.167. The lowest BCUT2D eigenvalue weighted by Crippen LogP contribution is -2.27. The van der Waals surface area contributed by atoms with Crippen LogP contribution >= 0.6 is 34.7 Å². The van der Waals surface area contributed by atoms with Crippen molar-refractivity contribution >= 4 is 45.7 Å². The van der Waals surface area contributed by atoms with Crippen molar-refractivity contribution in [2.45, 2.75) is 5.37 Å². The van der Waals surface area contributed by atoms with Crippen molar-refractivity contribution in [3.8, 4) is 0 Å². The number of nitrogens with zero attached hydrogens (tertiary/aromatic N) is 2. The third kappa shape index (κ3) is 2.13. The van der Waals surface area contributed by atoms with E-state index in [1.165, 1.54) is 11.3 Å². The number of carbonyl (C=O) groups is 1. The highest BCUT2D eigenvalue weighted by atomic mass is 35.5. The van der Waals surface area contributed by atoms with Gasteiger partial charge in [0.15, 0.2) is 5.13 Å². The first-order valence-electron chi connectivity index (χ1n) is 5.34. The number of anilines is 1. The molecule has 1 unspecified atom stereocenters. The van der Waals surface area contributed by atoms with Gasteiger partial charge in [-0.3, -0.25) is 9.69 Å². The maximum absolute atomic E-state index is 12.0. The molecule has 1 aromatic heterocycles. The first kappa shape index (κ1) is 12.0. The summed E-state index contributed by atoms with van der Waals surface area (Å²) in [4.78, 5) is 18.0. The number of hydrogen-bond donors (Lipinski definition) is 0. The molecule has 0 aliphatic carbocycles. The Morgan fingerprint density at radius 3 is 2.78 bits per heavy atom. The molecule has 0 bridgehead atoms. The van der Waals surface area contributed by atoms with E-state index in [4.69, 9.17) is 11.6 Å². The molecular formula is C12H9ClN2OS2. The van der Waals surface area contributed by atoms with Crippen LogP contribution in [0.2, 0.25) is 5.02 Å². The second kappa shape index (κ2) is 4.91. The summed E-state index contributed by atoms with van der Waals surface area (Å²) in [7, 11) is 0. The summed E-state index contributed by atoms with van der Waals surface area (Å²) in [6.07, 6.45) is 1.72.